The van der Waals surface area contributed by atoms with Crippen molar-refractivity contribution in [1.29, 1.82) is 0 Å². The lowest BCUT2D eigenvalue weighted by molar-refractivity contribution is -0.124. The van der Waals surface area contributed by atoms with Crippen molar-refractivity contribution < 1.29 is 9.59 Å². The molecule has 0 saturated carbocycles. The average Bonchev–Trinajstić information content (AvgIpc) is 3.34. The highest BCUT2D eigenvalue weighted by Crippen LogP contribution is 2.43. The molecule has 1 aromatic heterocycles. The number of benzene rings is 3. The first-order valence-corrected chi connectivity index (χ1v) is 14.7. The minimum atomic E-state index is -0.488. The van der Waals surface area contributed by atoms with Gasteiger partial charge in [0.05, 0.1) is 12.0 Å². The average molecular weight is 550 g/mol. The Morgan fingerprint density at radius 1 is 0.854 bits per heavy atom. The Labute approximate surface area is 242 Å². The predicted octanol–water partition coefficient (Wildman–Crippen LogP) is 4.41. The topological polar surface area (TPSA) is 60.8 Å². The number of aromatic nitrogens is 1. The number of rotatable bonds is 8. The first-order chi connectivity index (χ1) is 20.0. The van der Waals surface area contributed by atoms with Crippen molar-refractivity contribution in [3.8, 4) is 0 Å². The van der Waals surface area contributed by atoms with E-state index in [1.165, 1.54) is 5.56 Å². The maximum absolute atomic E-state index is 13.9. The highest BCUT2D eigenvalue weighted by atomic mass is 16.2. The third-order valence-electron chi connectivity index (χ3n) is 8.82. The molecule has 7 nitrogen and oxygen atoms in total. The summed E-state index contributed by atoms with van der Waals surface area (Å²) in [5.41, 5.74) is 4.83. The van der Waals surface area contributed by atoms with E-state index < -0.39 is 12.0 Å². The molecule has 2 aliphatic heterocycles. The fourth-order valence-electron chi connectivity index (χ4n) is 6.56. The van der Waals surface area contributed by atoms with Crippen molar-refractivity contribution in [2.24, 2.45) is 7.05 Å². The molecule has 2 atom stereocenters. The molecular formula is C34H39N5O2. The number of nitrogens with zero attached hydrogens (tertiary/aromatic N) is 4. The summed E-state index contributed by atoms with van der Waals surface area (Å²) in [7, 11) is 3.84. The van der Waals surface area contributed by atoms with Gasteiger partial charge in [-0.2, -0.15) is 0 Å². The number of para-hydroxylation sites is 1. The SMILES string of the molecule is CN1C(=O)c2ccccc2[C@@H](C(=O)NCCCN2CCN(Cc3ccccc3)CC2)[C@H]1c1cc2ccccc2n1C. The van der Waals surface area contributed by atoms with Crippen LogP contribution in [0, 0.1) is 0 Å². The van der Waals surface area contributed by atoms with Gasteiger partial charge in [-0.3, -0.25) is 14.5 Å². The lowest BCUT2D eigenvalue weighted by atomic mass is 9.81. The number of aryl methyl sites for hydroxylation is 1. The molecule has 0 unspecified atom stereocenters. The molecule has 0 radical (unpaired) electrons. The third kappa shape index (κ3) is 5.52. The van der Waals surface area contributed by atoms with Gasteiger partial charge in [0.1, 0.15) is 0 Å². The quantitative estimate of drug-likeness (QED) is 0.331. The van der Waals surface area contributed by atoms with Crippen LogP contribution in [0.2, 0.25) is 0 Å². The second-order valence-corrected chi connectivity index (χ2v) is 11.4. The highest BCUT2D eigenvalue weighted by molar-refractivity contribution is 6.01. The Kier molecular flexibility index (Phi) is 7.90. The van der Waals surface area contributed by atoms with Gasteiger partial charge in [0.15, 0.2) is 0 Å². The van der Waals surface area contributed by atoms with Crippen molar-refractivity contribution in [2.75, 3.05) is 46.3 Å². The van der Waals surface area contributed by atoms with E-state index in [-0.39, 0.29) is 11.8 Å². The first-order valence-electron chi connectivity index (χ1n) is 14.7. The van der Waals surface area contributed by atoms with Crippen LogP contribution in [0.5, 0.6) is 0 Å². The maximum atomic E-state index is 13.9. The van der Waals surface area contributed by atoms with E-state index in [1.54, 1.807) is 4.90 Å². The second kappa shape index (κ2) is 11.9. The van der Waals surface area contributed by atoms with E-state index in [9.17, 15) is 9.59 Å². The minimum absolute atomic E-state index is 0.0280. The van der Waals surface area contributed by atoms with E-state index in [2.05, 4.69) is 68.2 Å². The summed E-state index contributed by atoms with van der Waals surface area (Å²) in [5.74, 6) is -0.565. The van der Waals surface area contributed by atoms with E-state index in [1.807, 2.05) is 50.5 Å². The number of piperazine rings is 1. The molecule has 6 rings (SSSR count). The van der Waals surface area contributed by atoms with Gasteiger partial charge < -0.3 is 19.7 Å². The summed E-state index contributed by atoms with van der Waals surface area (Å²) in [6.07, 6.45) is 0.895. The number of nitrogens with one attached hydrogen (secondary N) is 1. The van der Waals surface area contributed by atoms with Gasteiger partial charge in [-0.25, -0.2) is 0 Å². The molecule has 212 valence electrons. The molecule has 1 N–H and O–H groups in total. The van der Waals surface area contributed by atoms with Crippen molar-refractivity contribution in [3.63, 3.8) is 0 Å². The smallest absolute Gasteiger partial charge is 0.254 e. The number of amides is 2. The van der Waals surface area contributed by atoms with Crippen LogP contribution < -0.4 is 5.32 Å². The zero-order valence-electron chi connectivity index (χ0n) is 24.0. The van der Waals surface area contributed by atoms with Crippen molar-refractivity contribution in [1.82, 2.24) is 24.6 Å². The van der Waals surface area contributed by atoms with Crippen LogP contribution in [-0.4, -0.2) is 77.4 Å². The van der Waals surface area contributed by atoms with Crippen LogP contribution in [0.15, 0.2) is 84.9 Å². The number of carbonyl (C=O) groups excluding carboxylic acids is 2. The molecule has 4 aromatic rings. The summed E-state index contributed by atoms with van der Waals surface area (Å²) >= 11 is 0. The summed E-state index contributed by atoms with van der Waals surface area (Å²) in [6.45, 7) is 6.80. The van der Waals surface area contributed by atoms with E-state index in [4.69, 9.17) is 0 Å². The first kappa shape index (κ1) is 27.2. The van der Waals surface area contributed by atoms with Crippen LogP contribution in [0.4, 0.5) is 0 Å². The number of hydrogen-bond acceptors (Lipinski definition) is 4. The third-order valence-corrected chi connectivity index (χ3v) is 8.82. The zero-order chi connectivity index (χ0) is 28.3. The number of likely N-dealkylation sites (N-methyl/N-ethyl adjacent to an activating group) is 1. The number of carbonyl (C=O) groups is 2. The molecule has 2 aliphatic rings. The number of fused-ring (bicyclic) bond motifs is 2. The molecule has 0 aliphatic carbocycles. The maximum Gasteiger partial charge on any atom is 0.254 e. The summed E-state index contributed by atoms with van der Waals surface area (Å²) < 4.78 is 2.12. The normalized spacial score (nSPS) is 19.9. The molecule has 0 spiro atoms. The Hall–Kier alpha value is -3.94. The Morgan fingerprint density at radius 2 is 1.54 bits per heavy atom. The van der Waals surface area contributed by atoms with Gasteiger partial charge in [-0.05, 0) is 47.7 Å². The van der Waals surface area contributed by atoms with Gasteiger partial charge in [0.2, 0.25) is 5.91 Å². The Balaban J connectivity index is 1.11. The standard InChI is InChI=1S/C34H39N5O2/c1-36-29-16-9-6-13-26(29)23-30(36)32-31(27-14-7-8-15-28(27)34(41)37(32)2)33(40)35-17-10-18-38-19-21-39(22-20-38)24-25-11-4-3-5-12-25/h3-9,11-16,23,31-32H,10,17-22,24H2,1-2H3,(H,35,40)/t31-,32-/m1/s1. The minimum Gasteiger partial charge on any atom is -0.355 e. The van der Waals surface area contributed by atoms with E-state index in [0.29, 0.717) is 12.1 Å². The molecule has 7 heteroatoms. The monoisotopic (exact) mass is 549 g/mol. The summed E-state index contributed by atoms with van der Waals surface area (Å²) in [5, 5.41) is 4.34. The zero-order valence-corrected chi connectivity index (χ0v) is 24.0. The summed E-state index contributed by atoms with van der Waals surface area (Å²) in [4.78, 5) is 34.1. The Morgan fingerprint density at radius 3 is 2.32 bits per heavy atom. The van der Waals surface area contributed by atoms with Gasteiger partial charge in [-0.1, -0.05) is 66.7 Å². The summed E-state index contributed by atoms with van der Waals surface area (Å²) in [6, 6.07) is 28.1. The highest BCUT2D eigenvalue weighted by Gasteiger charge is 2.43. The van der Waals surface area contributed by atoms with Gasteiger partial charge in [-0.15, -0.1) is 0 Å². The fraction of sp³-hybridized carbons (Fsp3) is 0.353. The van der Waals surface area contributed by atoms with E-state index in [0.717, 1.165) is 67.8 Å². The van der Waals surface area contributed by atoms with Gasteiger partial charge >= 0.3 is 0 Å². The predicted molar refractivity (Wildman–Crippen MR) is 163 cm³/mol. The molecule has 3 aromatic carbocycles. The lowest BCUT2D eigenvalue weighted by Gasteiger charge is -2.39. The Bertz CT molecular complexity index is 1520. The molecule has 0 bridgehead atoms. The molecule has 41 heavy (non-hydrogen) atoms. The second-order valence-electron chi connectivity index (χ2n) is 11.4. The van der Waals surface area contributed by atoms with E-state index >= 15 is 0 Å². The van der Waals surface area contributed by atoms with Gasteiger partial charge in [0, 0.05) is 70.1 Å². The number of hydrogen-bond donors (Lipinski definition) is 1. The van der Waals surface area contributed by atoms with Crippen molar-refractivity contribution >= 4 is 22.7 Å². The van der Waals surface area contributed by atoms with Crippen molar-refractivity contribution in [2.45, 2.75) is 24.9 Å². The van der Waals surface area contributed by atoms with Crippen LogP contribution in [0.25, 0.3) is 10.9 Å². The van der Waals surface area contributed by atoms with Crippen LogP contribution in [0.3, 0.4) is 0 Å². The van der Waals surface area contributed by atoms with Crippen LogP contribution in [-0.2, 0) is 18.4 Å². The lowest BCUT2D eigenvalue weighted by Crippen LogP contribution is -2.47. The van der Waals surface area contributed by atoms with Crippen LogP contribution >= 0.6 is 0 Å². The molecule has 3 heterocycles. The van der Waals surface area contributed by atoms with Gasteiger partial charge in [0.25, 0.3) is 5.91 Å². The molecule has 1 saturated heterocycles. The molecule has 1 fully saturated rings. The fourth-order valence-corrected chi connectivity index (χ4v) is 6.56. The molecular weight excluding hydrogens is 510 g/mol. The largest absolute Gasteiger partial charge is 0.355 e. The van der Waals surface area contributed by atoms with Crippen molar-refractivity contribution in [3.05, 3.63) is 107 Å². The van der Waals surface area contributed by atoms with Crippen LogP contribution in [0.1, 0.15) is 45.6 Å². The molecule has 2 amide bonds.